The van der Waals surface area contributed by atoms with E-state index in [1.54, 1.807) is 6.08 Å². The van der Waals surface area contributed by atoms with Gasteiger partial charge in [0.05, 0.1) is 4.47 Å². The molecule has 0 amide bonds. The van der Waals surface area contributed by atoms with Gasteiger partial charge in [0.1, 0.15) is 12.4 Å². The number of hydrogen-bond donors (Lipinski definition) is 0. The van der Waals surface area contributed by atoms with E-state index in [1.165, 1.54) is 5.56 Å². The minimum Gasteiger partial charge on any atom is -0.488 e. The summed E-state index contributed by atoms with van der Waals surface area (Å²) in [7, 11) is 0. The highest BCUT2D eigenvalue weighted by atomic mass is 79.9. The van der Waals surface area contributed by atoms with Gasteiger partial charge in [0.15, 0.2) is 0 Å². The second kappa shape index (κ2) is 4.84. The second-order valence-corrected chi connectivity index (χ2v) is 5.26. The number of ether oxygens (including phenoxy) is 1. The van der Waals surface area contributed by atoms with E-state index in [0.29, 0.717) is 6.61 Å². The van der Waals surface area contributed by atoms with E-state index >= 15 is 0 Å². The molecule has 0 aromatic heterocycles. The normalized spacial score (nSPS) is 11.2. The third-order valence-corrected chi connectivity index (χ3v) is 2.95. The molecule has 0 bridgehead atoms. The van der Waals surface area contributed by atoms with Gasteiger partial charge in [-0.1, -0.05) is 45.6 Å². The Morgan fingerprint density at radius 2 is 2.07 bits per heavy atom. The summed E-state index contributed by atoms with van der Waals surface area (Å²) >= 11 is 3.59. The van der Waals surface area contributed by atoms with Crippen LogP contribution < -0.4 is 4.74 Å². The van der Waals surface area contributed by atoms with Gasteiger partial charge in [0.2, 0.25) is 0 Å². The Balaban J connectivity index is 3.06. The molecule has 0 spiro atoms. The van der Waals surface area contributed by atoms with Crippen LogP contribution in [0.1, 0.15) is 26.3 Å². The molecule has 2 heteroatoms. The van der Waals surface area contributed by atoms with Crippen LogP contribution in [-0.2, 0) is 5.41 Å². The largest absolute Gasteiger partial charge is 0.488 e. The van der Waals surface area contributed by atoms with Gasteiger partial charge in [-0.25, -0.2) is 0 Å². The minimum absolute atomic E-state index is 0.117. The summed E-state index contributed by atoms with van der Waals surface area (Å²) in [6.45, 7) is 10.7. The van der Waals surface area contributed by atoms with Crippen LogP contribution in [0.2, 0.25) is 0 Å². The van der Waals surface area contributed by atoms with E-state index in [4.69, 9.17) is 4.74 Å². The summed E-state index contributed by atoms with van der Waals surface area (Å²) in [6.07, 6.45) is 1.75. The fourth-order valence-electron chi connectivity index (χ4n) is 1.35. The zero-order valence-corrected chi connectivity index (χ0v) is 11.1. The fourth-order valence-corrected chi connectivity index (χ4v) is 2.32. The van der Waals surface area contributed by atoms with Crippen molar-refractivity contribution in [3.8, 4) is 5.75 Å². The number of hydrogen-bond acceptors (Lipinski definition) is 1. The predicted octanol–water partition coefficient (Wildman–Crippen LogP) is 4.31. The molecule has 0 aliphatic heterocycles. The van der Waals surface area contributed by atoms with E-state index in [2.05, 4.69) is 49.3 Å². The topological polar surface area (TPSA) is 9.23 Å². The van der Waals surface area contributed by atoms with Gasteiger partial charge in [-0.2, -0.15) is 0 Å². The molecular weight excluding hydrogens is 252 g/mol. The van der Waals surface area contributed by atoms with Crippen LogP contribution in [-0.4, -0.2) is 6.61 Å². The van der Waals surface area contributed by atoms with Crippen molar-refractivity contribution in [2.45, 2.75) is 26.2 Å². The Labute approximate surface area is 100 Å². The molecular formula is C13H17BrO. The van der Waals surface area contributed by atoms with E-state index < -0.39 is 0 Å². The first-order chi connectivity index (χ1) is 6.96. The molecule has 0 radical (unpaired) electrons. The predicted molar refractivity (Wildman–Crippen MR) is 68.5 cm³/mol. The first-order valence-corrected chi connectivity index (χ1v) is 5.79. The highest BCUT2D eigenvalue weighted by molar-refractivity contribution is 9.10. The lowest BCUT2D eigenvalue weighted by Gasteiger charge is -2.22. The minimum atomic E-state index is 0.117. The summed E-state index contributed by atoms with van der Waals surface area (Å²) in [4.78, 5) is 0. The maximum Gasteiger partial charge on any atom is 0.134 e. The maximum atomic E-state index is 5.56. The average Bonchev–Trinajstić information content (AvgIpc) is 2.14. The summed E-state index contributed by atoms with van der Waals surface area (Å²) in [5, 5.41) is 0. The molecule has 0 heterocycles. The molecule has 1 aromatic rings. The number of halogens is 1. The SMILES string of the molecule is C=CCOc1cccc(C(C)(C)C)c1Br. The van der Waals surface area contributed by atoms with Crippen LogP contribution >= 0.6 is 15.9 Å². The molecule has 1 aromatic carbocycles. The number of benzene rings is 1. The molecule has 0 aliphatic rings. The molecule has 0 fully saturated rings. The van der Waals surface area contributed by atoms with E-state index in [-0.39, 0.29) is 5.41 Å². The highest BCUT2D eigenvalue weighted by Gasteiger charge is 2.18. The maximum absolute atomic E-state index is 5.56. The smallest absolute Gasteiger partial charge is 0.134 e. The molecule has 0 saturated heterocycles. The Hall–Kier alpha value is -0.760. The van der Waals surface area contributed by atoms with Crippen LogP contribution in [0.25, 0.3) is 0 Å². The zero-order chi connectivity index (χ0) is 11.5. The van der Waals surface area contributed by atoms with E-state index in [9.17, 15) is 0 Å². The highest BCUT2D eigenvalue weighted by Crippen LogP contribution is 2.35. The molecule has 0 N–H and O–H groups in total. The van der Waals surface area contributed by atoms with Crippen LogP contribution in [0.3, 0.4) is 0 Å². The third kappa shape index (κ3) is 3.10. The van der Waals surface area contributed by atoms with E-state index in [0.717, 1.165) is 10.2 Å². The van der Waals surface area contributed by atoms with Crippen molar-refractivity contribution in [3.63, 3.8) is 0 Å². The zero-order valence-electron chi connectivity index (χ0n) is 9.51. The molecule has 15 heavy (non-hydrogen) atoms. The molecule has 1 rings (SSSR count). The van der Waals surface area contributed by atoms with Crippen molar-refractivity contribution in [1.82, 2.24) is 0 Å². The van der Waals surface area contributed by atoms with Gasteiger partial charge < -0.3 is 4.74 Å². The number of rotatable bonds is 3. The Morgan fingerprint density at radius 1 is 1.40 bits per heavy atom. The van der Waals surface area contributed by atoms with Gasteiger partial charge >= 0.3 is 0 Å². The van der Waals surface area contributed by atoms with E-state index in [1.807, 2.05) is 12.1 Å². The quantitative estimate of drug-likeness (QED) is 0.743. The van der Waals surface area contributed by atoms with Crippen molar-refractivity contribution in [3.05, 3.63) is 40.9 Å². The van der Waals surface area contributed by atoms with Gasteiger partial charge in [-0.05, 0) is 33.0 Å². The van der Waals surface area contributed by atoms with Crippen LogP contribution in [0.4, 0.5) is 0 Å². The Kier molecular flexibility index (Phi) is 3.97. The summed E-state index contributed by atoms with van der Waals surface area (Å²) in [5.74, 6) is 0.877. The Bertz CT molecular complexity index is 350. The first kappa shape index (κ1) is 12.3. The lowest BCUT2D eigenvalue weighted by atomic mass is 9.87. The fraction of sp³-hybridized carbons (Fsp3) is 0.385. The second-order valence-electron chi connectivity index (χ2n) is 4.47. The third-order valence-electron chi connectivity index (χ3n) is 2.13. The lowest BCUT2D eigenvalue weighted by molar-refractivity contribution is 0.359. The van der Waals surface area contributed by atoms with Crippen LogP contribution in [0.15, 0.2) is 35.3 Å². The lowest BCUT2D eigenvalue weighted by Crippen LogP contribution is -2.12. The first-order valence-electron chi connectivity index (χ1n) is 4.99. The summed E-state index contributed by atoms with van der Waals surface area (Å²) in [6, 6.07) is 6.09. The average molecular weight is 269 g/mol. The van der Waals surface area contributed by atoms with Gasteiger partial charge in [-0.15, -0.1) is 0 Å². The van der Waals surface area contributed by atoms with Crippen molar-refractivity contribution >= 4 is 15.9 Å². The van der Waals surface area contributed by atoms with Crippen molar-refractivity contribution in [2.24, 2.45) is 0 Å². The monoisotopic (exact) mass is 268 g/mol. The van der Waals surface area contributed by atoms with Gasteiger partial charge in [0.25, 0.3) is 0 Å². The standard InChI is InChI=1S/C13H17BrO/c1-5-9-15-11-8-6-7-10(12(11)14)13(2,3)4/h5-8H,1,9H2,2-4H3. The molecule has 0 saturated carbocycles. The molecule has 82 valence electrons. The van der Waals surface area contributed by atoms with Crippen molar-refractivity contribution in [1.29, 1.82) is 0 Å². The Morgan fingerprint density at radius 3 is 2.60 bits per heavy atom. The summed E-state index contributed by atoms with van der Waals surface area (Å²) < 4.78 is 6.60. The molecule has 0 atom stereocenters. The van der Waals surface area contributed by atoms with Crippen LogP contribution in [0.5, 0.6) is 5.75 Å². The molecule has 0 aliphatic carbocycles. The summed E-state index contributed by atoms with van der Waals surface area (Å²) in [5.41, 5.74) is 1.37. The van der Waals surface area contributed by atoms with Crippen LogP contribution in [0, 0.1) is 0 Å². The molecule has 0 unspecified atom stereocenters. The van der Waals surface area contributed by atoms with Crippen molar-refractivity contribution in [2.75, 3.05) is 6.61 Å². The molecule has 1 nitrogen and oxygen atoms in total. The van der Waals surface area contributed by atoms with Gasteiger partial charge in [-0.3, -0.25) is 0 Å². The van der Waals surface area contributed by atoms with Gasteiger partial charge in [0, 0.05) is 0 Å². The van der Waals surface area contributed by atoms with Crippen molar-refractivity contribution < 1.29 is 4.74 Å².